The Morgan fingerprint density at radius 1 is 1.07 bits per heavy atom. The van der Waals surface area contributed by atoms with Gasteiger partial charge < -0.3 is 14.8 Å². The molecule has 1 amide bonds. The van der Waals surface area contributed by atoms with Gasteiger partial charge in [-0.3, -0.25) is 9.78 Å². The Morgan fingerprint density at radius 3 is 2.57 bits per heavy atom. The number of nitrogens with zero attached hydrogens (tertiary/aromatic N) is 1. The quantitative estimate of drug-likeness (QED) is 0.864. The Hall–Kier alpha value is -2.24. The highest BCUT2D eigenvalue weighted by molar-refractivity contribution is 5.83. The number of amides is 1. The largest absolute Gasteiger partial charge is 0.381 e. The summed E-state index contributed by atoms with van der Waals surface area (Å²) in [5, 5.41) is 3.26. The molecule has 1 N–H and O–H groups in total. The Morgan fingerprint density at radius 2 is 1.89 bits per heavy atom. The van der Waals surface area contributed by atoms with Crippen LogP contribution in [0.3, 0.4) is 0 Å². The average Bonchev–Trinajstić information content (AvgIpc) is 2.76. The summed E-state index contributed by atoms with van der Waals surface area (Å²) in [6.07, 6.45) is 7.92. The third-order valence-corrected chi connectivity index (χ3v) is 5.92. The molecule has 3 heterocycles. The number of benzene rings is 1. The lowest BCUT2D eigenvalue weighted by Gasteiger charge is -2.37. The maximum Gasteiger partial charge on any atom is 0.227 e. The number of rotatable bonds is 5. The van der Waals surface area contributed by atoms with E-state index in [2.05, 4.69) is 40.6 Å². The molecule has 1 unspecified atom stereocenters. The summed E-state index contributed by atoms with van der Waals surface area (Å²) in [6, 6.07) is 12.6. The Kier molecular flexibility index (Phi) is 6.03. The number of ether oxygens (including phenoxy) is 2. The van der Waals surface area contributed by atoms with Crippen molar-refractivity contribution in [1.82, 2.24) is 10.3 Å². The summed E-state index contributed by atoms with van der Waals surface area (Å²) >= 11 is 0. The molecule has 2 fully saturated rings. The minimum absolute atomic E-state index is 0.133. The monoisotopic (exact) mass is 380 g/mol. The molecule has 1 aromatic heterocycles. The van der Waals surface area contributed by atoms with E-state index in [9.17, 15) is 4.79 Å². The molecule has 1 atom stereocenters. The second kappa shape index (κ2) is 8.84. The molecule has 0 bridgehead atoms. The Bertz CT molecular complexity index is 764. The van der Waals surface area contributed by atoms with Gasteiger partial charge in [0.25, 0.3) is 0 Å². The van der Waals surface area contributed by atoms with Gasteiger partial charge in [-0.05, 0) is 54.9 Å². The van der Waals surface area contributed by atoms with Crippen LogP contribution < -0.4 is 5.32 Å². The van der Waals surface area contributed by atoms with Crippen LogP contribution in [0.25, 0.3) is 11.1 Å². The van der Waals surface area contributed by atoms with Crippen LogP contribution >= 0.6 is 0 Å². The van der Waals surface area contributed by atoms with E-state index in [4.69, 9.17) is 9.47 Å². The number of hydrogen-bond donors (Lipinski definition) is 1. The van der Waals surface area contributed by atoms with Gasteiger partial charge in [-0.15, -0.1) is 0 Å². The molecule has 148 valence electrons. The molecule has 2 aliphatic rings. The fourth-order valence-electron chi connectivity index (χ4n) is 4.18. The standard InChI is InChI=1S/C23H28N2O3/c26-22(25-21-4-2-12-28-17-21)23(9-13-27-14-10-23)15-18-5-7-19(8-6-18)20-3-1-11-24-16-20/h1,3,5-8,11,16,21H,2,4,9-10,12-15,17H2,(H,25,26). The van der Waals surface area contributed by atoms with Crippen molar-refractivity contribution in [3.05, 3.63) is 54.4 Å². The fraction of sp³-hybridized carbons (Fsp3) is 0.478. The van der Waals surface area contributed by atoms with Gasteiger partial charge in [-0.25, -0.2) is 0 Å². The topological polar surface area (TPSA) is 60.5 Å². The number of hydrogen-bond acceptors (Lipinski definition) is 4. The van der Waals surface area contributed by atoms with Crippen LogP contribution in [0.4, 0.5) is 0 Å². The third kappa shape index (κ3) is 4.42. The summed E-state index contributed by atoms with van der Waals surface area (Å²) in [4.78, 5) is 17.4. The van der Waals surface area contributed by atoms with Crippen molar-refractivity contribution in [2.45, 2.75) is 38.1 Å². The van der Waals surface area contributed by atoms with Gasteiger partial charge in [0.1, 0.15) is 0 Å². The van der Waals surface area contributed by atoms with E-state index in [1.54, 1.807) is 6.20 Å². The summed E-state index contributed by atoms with van der Waals surface area (Å²) in [5.74, 6) is 0.155. The van der Waals surface area contributed by atoms with Crippen molar-refractivity contribution in [1.29, 1.82) is 0 Å². The highest BCUT2D eigenvalue weighted by Gasteiger charge is 2.41. The normalized spacial score (nSPS) is 21.8. The highest BCUT2D eigenvalue weighted by atomic mass is 16.5. The number of nitrogens with one attached hydrogen (secondary N) is 1. The molecule has 2 aliphatic heterocycles. The van der Waals surface area contributed by atoms with Crippen LogP contribution in [-0.4, -0.2) is 43.4 Å². The first-order valence-corrected chi connectivity index (χ1v) is 10.2. The van der Waals surface area contributed by atoms with E-state index in [1.807, 2.05) is 12.3 Å². The van der Waals surface area contributed by atoms with Crippen LogP contribution in [0.2, 0.25) is 0 Å². The molecule has 2 saturated heterocycles. The lowest BCUT2D eigenvalue weighted by molar-refractivity contribution is -0.138. The maximum absolute atomic E-state index is 13.3. The van der Waals surface area contributed by atoms with Crippen molar-refractivity contribution in [3.8, 4) is 11.1 Å². The fourth-order valence-corrected chi connectivity index (χ4v) is 4.18. The van der Waals surface area contributed by atoms with Crippen LogP contribution in [-0.2, 0) is 20.7 Å². The van der Waals surface area contributed by atoms with Crippen molar-refractivity contribution < 1.29 is 14.3 Å². The van der Waals surface area contributed by atoms with Crippen LogP contribution in [0.15, 0.2) is 48.8 Å². The summed E-state index contributed by atoms with van der Waals surface area (Å²) in [6.45, 7) is 2.71. The smallest absolute Gasteiger partial charge is 0.227 e. The Balaban J connectivity index is 1.49. The van der Waals surface area contributed by atoms with Gasteiger partial charge in [-0.2, -0.15) is 0 Å². The first-order chi connectivity index (χ1) is 13.8. The Labute approximate surface area is 166 Å². The molecule has 2 aromatic rings. The van der Waals surface area contributed by atoms with Crippen molar-refractivity contribution >= 4 is 5.91 Å². The van der Waals surface area contributed by atoms with Gasteiger partial charge in [-0.1, -0.05) is 30.3 Å². The molecule has 28 heavy (non-hydrogen) atoms. The predicted octanol–water partition coefficient (Wildman–Crippen LogP) is 3.38. The first kappa shape index (κ1) is 19.1. The van der Waals surface area contributed by atoms with E-state index in [0.29, 0.717) is 19.8 Å². The zero-order valence-corrected chi connectivity index (χ0v) is 16.2. The SMILES string of the molecule is O=C(NC1CCCOC1)C1(Cc2ccc(-c3cccnc3)cc2)CCOCC1. The van der Waals surface area contributed by atoms with Crippen LogP contribution in [0.1, 0.15) is 31.2 Å². The first-order valence-electron chi connectivity index (χ1n) is 10.2. The molecule has 0 aliphatic carbocycles. The number of carbonyl (C=O) groups is 1. The average molecular weight is 380 g/mol. The second-order valence-electron chi connectivity index (χ2n) is 7.90. The van der Waals surface area contributed by atoms with Gasteiger partial charge in [0.05, 0.1) is 18.1 Å². The van der Waals surface area contributed by atoms with Gasteiger partial charge in [0.15, 0.2) is 0 Å². The van der Waals surface area contributed by atoms with E-state index in [-0.39, 0.29) is 11.9 Å². The van der Waals surface area contributed by atoms with Crippen molar-refractivity contribution in [2.75, 3.05) is 26.4 Å². The molecule has 5 nitrogen and oxygen atoms in total. The molecule has 4 rings (SSSR count). The minimum atomic E-state index is -0.397. The van der Waals surface area contributed by atoms with E-state index >= 15 is 0 Å². The summed E-state index contributed by atoms with van der Waals surface area (Å²) in [5.41, 5.74) is 3.03. The van der Waals surface area contributed by atoms with Crippen LogP contribution in [0.5, 0.6) is 0 Å². The lowest BCUT2D eigenvalue weighted by Crippen LogP contribution is -2.51. The molecular formula is C23H28N2O3. The molecule has 0 radical (unpaired) electrons. The van der Waals surface area contributed by atoms with Crippen molar-refractivity contribution in [2.24, 2.45) is 5.41 Å². The van der Waals surface area contributed by atoms with E-state index in [1.165, 1.54) is 5.56 Å². The second-order valence-corrected chi connectivity index (χ2v) is 7.90. The maximum atomic E-state index is 13.3. The van der Waals surface area contributed by atoms with Crippen LogP contribution in [0, 0.1) is 5.41 Å². The van der Waals surface area contributed by atoms with Crippen molar-refractivity contribution in [3.63, 3.8) is 0 Å². The molecule has 0 spiro atoms. The minimum Gasteiger partial charge on any atom is -0.381 e. The molecule has 0 saturated carbocycles. The predicted molar refractivity (Wildman–Crippen MR) is 108 cm³/mol. The van der Waals surface area contributed by atoms with Gasteiger partial charge in [0, 0.05) is 32.2 Å². The summed E-state index contributed by atoms with van der Waals surface area (Å²) < 4.78 is 11.1. The molecule has 1 aromatic carbocycles. The third-order valence-electron chi connectivity index (χ3n) is 5.92. The van der Waals surface area contributed by atoms with E-state index < -0.39 is 5.41 Å². The number of aromatic nitrogens is 1. The molecular weight excluding hydrogens is 352 g/mol. The lowest BCUT2D eigenvalue weighted by atomic mass is 9.74. The van der Waals surface area contributed by atoms with Gasteiger partial charge in [0.2, 0.25) is 5.91 Å². The van der Waals surface area contributed by atoms with E-state index in [0.717, 1.165) is 49.8 Å². The zero-order chi connectivity index (χ0) is 19.2. The number of pyridine rings is 1. The van der Waals surface area contributed by atoms with Gasteiger partial charge >= 0.3 is 0 Å². The number of carbonyl (C=O) groups excluding carboxylic acids is 1. The highest BCUT2D eigenvalue weighted by Crippen LogP contribution is 2.35. The zero-order valence-electron chi connectivity index (χ0n) is 16.2. The summed E-state index contributed by atoms with van der Waals surface area (Å²) in [7, 11) is 0. The molecule has 5 heteroatoms.